The summed E-state index contributed by atoms with van der Waals surface area (Å²) in [6.07, 6.45) is 1.68. The van der Waals surface area contributed by atoms with Crippen LogP contribution in [0.5, 0.6) is 5.75 Å². The summed E-state index contributed by atoms with van der Waals surface area (Å²) in [4.78, 5) is 4.46. The molecule has 152 valence electrons. The van der Waals surface area contributed by atoms with Crippen molar-refractivity contribution in [3.8, 4) is 5.75 Å². The number of benzene rings is 1. The van der Waals surface area contributed by atoms with Gasteiger partial charge in [0.1, 0.15) is 5.75 Å². The third-order valence-electron chi connectivity index (χ3n) is 4.74. The molecular weight excluding hydrogens is 379 g/mol. The van der Waals surface area contributed by atoms with E-state index in [2.05, 4.69) is 10.3 Å². The van der Waals surface area contributed by atoms with E-state index < -0.39 is 19.2 Å². The maximum atomic E-state index is 13.4. The van der Waals surface area contributed by atoms with Gasteiger partial charge in [-0.1, -0.05) is 17.7 Å². The molecule has 1 aliphatic rings. The lowest BCUT2D eigenvalue weighted by Crippen LogP contribution is -2.36. The van der Waals surface area contributed by atoms with Crippen LogP contribution < -0.4 is 10.1 Å². The maximum Gasteiger partial charge on any atom is 0.356 e. The predicted octanol–water partition coefficient (Wildman–Crippen LogP) is 4.94. The number of pyridine rings is 1. The SMILES string of the molecule is COP(=O)(OC)C(Nc1ccc(C)cc1)c1cnc(C)c2c1COC(C)(C)O2. The molecule has 0 fully saturated rings. The molecule has 1 aromatic carbocycles. The first-order chi connectivity index (χ1) is 13.2. The fourth-order valence-electron chi connectivity index (χ4n) is 3.11. The van der Waals surface area contributed by atoms with Gasteiger partial charge < -0.3 is 23.8 Å². The minimum atomic E-state index is -3.55. The lowest BCUT2D eigenvalue weighted by molar-refractivity contribution is -0.180. The zero-order valence-electron chi connectivity index (χ0n) is 17.1. The molecule has 1 unspecified atom stereocenters. The molecule has 2 aromatic rings. The summed E-state index contributed by atoms with van der Waals surface area (Å²) in [6.45, 7) is 7.88. The second-order valence-corrected chi connectivity index (χ2v) is 9.54. The van der Waals surface area contributed by atoms with Crippen LogP contribution in [0.25, 0.3) is 0 Å². The highest BCUT2D eigenvalue weighted by Crippen LogP contribution is 2.61. The average molecular weight is 406 g/mol. The topological polar surface area (TPSA) is 78.9 Å². The molecule has 0 amide bonds. The summed E-state index contributed by atoms with van der Waals surface area (Å²) in [5, 5.41) is 3.29. The van der Waals surface area contributed by atoms with Crippen molar-refractivity contribution in [3.05, 3.63) is 52.8 Å². The number of nitrogens with one attached hydrogen (secondary N) is 1. The monoisotopic (exact) mass is 406 g/mol. The summed E-state index contributed by atoms with van der Waals surface area (Å²) in [7, 11) is -0.800. The number of rotatable bonds is 6. The first-order valence-electron chi connectivity index (χ1n) is 9.05. The van der Waals surface area contributed by atoms with E-state index in [-0.39, 0.29) is 0 Å². The number of fused-ring (bicyclic) bond motifs is 1. The molecular formula is C20H27N2O5P. The van der Waals surface area contributed by atoms with Crippen molar-refractivity contribution in [3.63, 3.8) is 0 Å². The van der Waals surface area contributed by atoms with Crippen molar-refractivity contribution in [2.24, 2.45) is 0 Å². The maximum absolute atomic E-state index is 13.4. The van der Waals surface area contributed by atoms with Gasteiger partial charge in [0, 0.05) is 51.1 Å². The number of nitrogens with zero attached hydrogens (tertiary/aromatic N) is 1. The zero-order valence-corrected chi connectivity index (χ0v) is 18.0. The predicted molar refractivity (Wildman–Crippen MR) is 108 cm³/mol. The molecule has 1 atom stereocenters. The largest absolute Gasteiger partial charge is 0.461 e. The number of anilines is 1. The molecule has 0 aliphatic carbocycles. The smallest absolute Gasteiger partial charge is 0.356 e. The lowest BCUT2D eigenvalue weighted by Gasteiger charge is -2.36. The Hall–Kier alpha value is -1.92. The van der Waals surface area contributed by atoms with Crippen molar-refractivity contribution in [1.82, 2.24) is 4.98 Å². The van der Waals surface area contributed by atoms with Crippen molar-refractivity contribution in [1.29, 1.82) is 0 Å². The Labute approximate surface area is 165 Å². The molecule has 0 bridgehead atoms. The molecule has 7 nitrogen and oxygen atoms in total. The Morgan fingerprint density at radius 1 is 1.18 bits per heavy atom. The van der Waals surface area contributed by atoms with E-state index in [4.69, 9.17) is 18.5 Å². The number of aryl methyl sites for hydroxylation is 2. The van der Waals surface area contributed by atoms with Crippen LogP contribution in [0.1, 0.15) is 42.0 Å². The van der Waals surface area contributed by atoms with Gasteiger partial charge in [-0.15, -0.1) is 0 Å². The molecule has 0 radical (unpaired) electrons. The zero-order chi connectivity index (χ0) is 20.5. The average Bonchev–Trinajstić information content (AvgIpc) is 2.67. The van der Waals surface area contributed by atoms with Crippen molar-refractivity contribution < 1.29 is 23.1 Å². The molecule has 0 saturated heterocycles. The molecule has 3 rings (SSSR count). The molecule has 8 heteroatoms. The van der Waals surface area contributed by atoms with Gasteiger partial charge in [-0.3, -0.25) is 9.55 Å². The summed E-state index contributed by atoms with van der Waals surface area (Å²) < 4.78 is 35.9. The Kier molecular flexibility index (Phi) is 5.82. The van der Waals surface area contributed by atoms with Crippen molar-refractivity contribution in [2.75, 3.05) is 19.5 Å². The fourth-order valence-corrected chi connectivity index (χ4v) is 4.55. The van der Waals surface area contributed by atoms with Gasteiger partial charge in [0.05, 0.1) is 12.3 Å². The molecule has 2 heterocycles. The van der Waals surface area contributed by atoms with E-state index >= 15 is 0 Å². The molecule has 1 aliphatic heterocycles. The number of ether oxygens (including phenoxy) is 2. The third kappa shape index (κ3) is 4.08. The number of aromatic nitrogens is 1. The van der Waals surface area contributed by atoms with Crippen LogP contribution in [0, 0.1) is 13.8 Å². The Morgan fingerprint density at radius 3 is 2.43 bits per heavy atom. The second-order valence-electron chi connectivity index (χ2n) is 7.22. The van der Waals surface area contributed by atoms with E-state index in [1.165, 1.54) is 14.2 Å². The first kappa shape index (κ1) is 20.8. The number of hydrogen-bond donors (Lipinski definition) is 1. The van der Waals surface area contributed by atoms with Crippen LogP contribution in [-0.2, 0) is 25.0 Å². The van der Waals surface area contributed by atoms with Crippen LogP contribution in [0.3, 0.4) is 0 Å². The number of hydrogen-bond acceptors (Lipinski definition) is 7. The second kappa shape index (κ2) is 7.84. The molecule has 1 N–H and O–H groups in total. The molecule has 0 spiro atoms. The van der Waals surface area contributed by atoms with Gasteiger partial charge in [-0.2, -0.15) is 0 Å². The van der Waals surface area contributed by atoms with Gasteiger partial charge in [0.2, 0.25) is 5.79 Å². The Morgan fingerprint density at radius 2 is 1.82 bits per heavy atom. The van der Waals surface area contributed by atoms with Crippen LogP contribution >= 0.6 is 7.60 Å². The third-order valence-corrected chi connectivity index (χ3v) is 6.79. The summed E-state index contributed by atoms with van der Waals surface area (Å²) in [5.74, 6) is -0.895. The van der Waals surface area contributed by atoms with Gasteiger partial charge in [0.25, 0.3) is 0 Å². The first-order valence-corrected chi connectivity index (χ1v) is 10.7. The van der Waals surface area contributed by atoms with Gasteiger partial charge in [-0.25, -0.2) is 0 Å². The molecule has 28 heavy (non-hydrogen) atoms. The normalized spacial score (nSPS) is 16.8. The Bertz CT molecular complexity index is 890. The summed E-state index contributed by atoms with van der Waals surface area (Å²) >= 11 is 0. The summed E-state index contributed by atoms with van der Waals surface area (Å²) in [6, 6.07) is 7.79. The van der Waals surface area contributed by atoms with Crippen molar-refractivity contribution >= 4 is 13.3 Å². The van der Waals surface area contributed by atoms with Crippen LogP contribution in [0.4, 0.5) is 5.69 Å². The molecule has 1 aromatic heterocycles. The standard InChI is InChI=1S/C20H27N2O5P/c1-13-7-9-15(10-8-13)22-19(28(23,24-5)25-6)16-11-21-14(2)18-17(16)12-26-20(3,4)27-18/h7-11,19,22H,12H2,1-6H3. The van der Waals surface area contributed by atoms with Gasteiger partial charge in [0.15, 0.2) is 5.78 Å². The van der Waals surface area contributed by atoms with E-state index in [1.54, 1.807) is 6.20 Å². The van der Waals surface area contributed by atoms with E-state index in [1.807, 2.05) is 52.0 Å². The van der Waals surface area contributed by atoms with E-state index in [0.717, 1.165) is 22.5 Å². The highest BCUT2D eigenvalue weighted by Gasteiger charge is 2.40. The van der Waals surface area contributed by atoms with Gasteiger partial charge in [-0.05, 0) is 26.0 Å². The van der Waals surface area contributed by atoms with Crippen LogP contribution in [0.15, 0.2) is 30.5 Å². The van der Waals surface area contributed by atoms with Gasteiger partial charge >= 0.3 is 7.60 Å². The highest BCUT2D eigenvalue weighted by molar-refractivity contribution is 7.54. The quantitative estimate of drug-likeness (QED) is 0.681. The van der Waals surface area contributed by atoms with E-state index in [0.29, 0.717) is 17.9 Å². The minimum Gasteiger partial charge on any atom is -0.461 e. The molecule has 0 saturated carbocycles. The Balaban J connectivity index is 2.11. The van der Waals surface area contributed by atoms with Crippen LogP contribution in [0.2, 0.25) is 0 Å². The highest BCUT2D eigenvalue weighted by atomic mass is 31.2. The minimum absolute atomic E-state index is 0.306. The van der Waals surface area contributed by atoms with Crippen molar-refractivity contribution in [2.45, 2.75) is 45.9 Å². The van der Waals surface area contributed by atoms with Crippen LogP contribution in [-0.4, -0.2) is 25.0 Å². The summed E-state index contributed by atoms with van der Waals surface area (Å²) in [5.41, 5.74) is 4.10. The fraction of sp³-hybridized carbons (Fsp3) is 0.450. The van der Waals surface area contributed by atoms with E-state index in [9.17, 15) is 4.57 Å². The lowest BCUT2D eigenvalue weighted by atomic mass is 10.1.